The zero-order valence-electron chi connectivity index (χ0n) is 11.9. The van der Waals surface area contributed by atoms with Crippen LogP contribution in [0.4, 0.5) is 0 Å². The lowest BCUT2D eigenvalue weighted by Gasteiger charge is -2.11. The summed E-state index contributed by atoms with van der Waals surface area (Å²) < 4.78 is 33.3. The molecule has 1 aromatic carbocycles. The monoisotopic (exact) mass is 314 g/mol. The van der Waals surface area contributed by atoms with Gasteiger partial charge in [0.25, 0.3) is 0 Å². The average Bonchev–Trinajstić information content (AvgIpc) is 2.45. The molecule has 1 aromatic rings. The van der Waals surface area contributed by atoms with Crippen LogP contribution in [0.3, 0.4) is 0 Å². The van der Waals surface area contributed by atoms with E-state index in [0.29, 0.717) is 17.1 Å². The fourth-order valence-corrected chi connectivity index (χ4v) is 2.13. The first-order valence-electron chi connectivity index (χ1n) is 6.30. The van der Waals surface area contributed by atoms with Gasteiger partial charge < -0.3 is 14.6 Å². The lowest BCUT2D eigenvalue weighted by Crippen LogP contribution is -2.15. The van der Waals surface area contributed by atoms with Gasteiger partial charge in [-0.15, -0.1) is 0 Å². The largest absolute Gasteiger partial charge is 0.493 e. The van der Waals surface area contributed by atoms with Crippen LogP contribution in [0.25, 0.3) is 6.08 Å². The summed E-state index contributed by atoms with van der Waals surface area (Å²) in [7, 11) is -1.63. The minimum Gasteiger partial charge on any atom is -0.493 e. The second-order valence-corrected chi connectivity index (χ2v) is 6.64. The van der Waals surface area contributed by atoms with Gasteiger partial charge in [0.15, 0.2) is 21.3 Å². The predicted molar refractivity (Wildman–Crippen MR) is 79.5 cm³/mol. The summed E-state index contributed by atoms with van der Waals surface area (Å²) in [5, 5.41) is 8.59. The van der Waals surface area contributed by atoms with Gasteiger partial charge in [0.1, 0.15) is 6.61 Å². The molecule has 0 aliphatic heterocycles. The van der Waals surface area contributed by atoms with Gasteiger partial charge in [-0.25, -0.2) is 13.2 Å². The summed E-state index contributed by atoms with van der Waals surface area (Å²) in [6, 6.07) is 4.90. The number of carboxylic acids is 1. The molecule has 7 heteroatoms. The number of aliphatic carboxylic acids is 1. The van der Waals surface area contributed by atoms with Crippen molar-refractivity contribution >= 4 is 21.9 Å². The maximum absolute atomic E-state index is 11.4. The van der Waals surface area contributed by atoms with Crippen LogP contribution in [0.5, 0.6) is 11.5 Å². The number of benzene rings is 1. The van der Waals surface area contributed by atoms with E-state index in [0.717, 1.165) is 6.08 Å². The quantitative estimate of drug-likeness (QED) is 0.733. The number of sulfone groups is 1. The fourth-order valence-electron chi connectivity index (χ4n) is 1.50. The molecule has 0 spiro atoms. The van der Waals surface area contributed by atoms with E-state index >= 15 is 0 Å². The summed E-state index contributed by atoms with van der Waals surface area (Å²) in [5.41, 5.74) is 0.617. The van der Waals surface area contributed by atoms with Crippen LogP contribution >= 0.6 is 0 Å². The average molecular weight is 314 g/mol. The van der Waals surface area contributed by atoms with Gasteiger partial charge in [-0.3, -0.25) is 0 Å². The molecule has 0 heterocycles. The molecule has 1 rings (SSSR count). The van der Waals surface area contributed by atoms with Crippen molar-refractivity contribution in [1.29, 1.82) is 0 Å². The third-order valence-electron chi connectivity index (χ3n) is 2.70. The lowest BCUT2D eigenvalue weighted by molar-refractivity contribution is -0.131. The Hall–Kier alpha value is -2.02. The Morgan fingerprint density at radius 2 is 2.05 bits per heavy atom. The molecular weight excluding hydrogens is 296 g/mol. The van der Waals surface area contributed by atoms with Crippen LogP contribution in [0, 0.1) is 0 Å². The summed E-state index contributed by atoms with van der Waals surface area (Å²) in [6.45, 7) is 1.59. The molecule has 0 atom stereocenters. The van der Waals surface area contributed by atoms with E-state index in [4.69, 9.17) is 14.6 Å². The van der Waals surface area contributed by atoms with Gasteiger partial charge in [0.05, 0.1) is 12.9 Å². The Bertz CT molecular complexity index is 618. The first kappa shape index (κ1) is 17.0. The second kappa shape index (κ2) is 7.68. The Labute approximate surface area is 123 Å². The van der Waals surface area contributed by atoms with Crippen molar-refractivity contribution in [2.45, 2.75) is 6.92 Å². The Morgan fingerprint density at radius 1 is 1.33 bits per heavy atom. The van der Waals surface area contributed by atoms with Gasteiger partial charge in [-0.05, 0) is 23.8 Å². The van der Waals surface area contributed by atoms with Gasteiger partial charge in [0.2, 0.25) is 0 Å². The number of hydrogen-bond acceptors (Lipinski definition) is 5. The molecule has 0 unspecified atom stereocenters. The van der Waals surface area contributed by atoms with E-state index in [2.05, 4.69) is 0 Å². The van der Waals surface area contributed by atoms with Crippen molar-refractivity contribution < 1.29 is 27.8 Å². The SMILES string of the molecule is CCS(=O)(=O)CCOc1cc(/C=C/C(=O)O)ccc1OC. The number of rotatable bonds is 8. The van der Waals surface area contributed by atoms with E-state index in [1.165, 1.54) is 13.2 Å². The molecule has 1 N–H and O–H groups in total. The van der Waals surface area contributed by atoms with E-state index in [-0.39, 0.29) is 18.1 Å². The van der Waals surface area contributed by atoms with E-state index in [9.17, 15) is 13.2 Å². The number of methoxy groups -OCH3 is 1. The minimum atomic E-state index is -3.10. The molecule has 0 fully saturated rings. The number of ether oxygens (including phenoxy) is 2. The maximum atomic E-state index is 11.4. The van der Waals surface area contributed by atoms with Gasteiger partial charge in [-0.2, -0.15) is 0 Å². The third-order valence-corrected chi connectivity index (χ3v) is 4.37. The maximum Gasteiger partial charge on any atom is 0.328 e. The van der Waals surface area contributed by atoms with Crippen molar-refractivity contribution in [2.24, 2.45) is 0 Å². The molecule has 0 amide bonds. The number of carboxylic acid groups (broad SMARTS) is 1. The number of carbonyl (C=O) groups is 1. The van der Waals surface area contributed by atoms with Crippen LogP contribution in [0.15, 0.2) is 24.3 Å². The summed E-state index contributed by atoms with van der Waals surface area (Å²) in [4.78, 5) is 10.5. The van der Waals surface area contributed by atoms with Crippen LogP contribution in [0.1, 0.15) is 12.5 Å². The predicted octanol–water partition coefficient (Wildman–Crippen LogP) is 1.61. The molecule has 0 aliphatic rings. The zero-order valence-corrected chi connectivity index (χ0v) is 12.7. The Balaban J connectivity index is 2.83. The van der Waals surface area contributed by atoms with E-state index in [1.54, 1.807) is 25.1 Å². The van der Waals surface area contributed by atoms with Crippen LogP contribution in [0.2, 0.25) is 0 Å². The highest BCUT2D eigenvalue weighted by atomic mass is 32.2. The van der Waals surface area contributed by atoms with Gasteiger partial charge >= 0.3 is 5.97 Å². The molecular formula is C14H18O6S. The highest BCUT2D eigenvalue weighted by Crippen LogP contribution is 2.28. The molecule has 0 saturated carbocycles. The van der Waals surface area contributed by atoms with Crippen molar-refractivity contribution in [2.75, 3.05) is 25.2 Å². The topological polar surface area (TPSA) is 89.9 Å². The minimum absolute atomic E-state index is 0.0125. The Kier molecular flexibility index (Phi) is 6.23. The first-order valence-corrected chi connectivity index (χ1v) is 8.12. The lowest BCUT2D eigenvalue weighted by atomic mass is 10.2. The molecule has 21 heavy (non-hydrogen) atoms. The van der Waals surface area contributed by atoms with Crippen molar-refractivity contribution in [3.05, 3.63) is 29.8 Å². The molecule has 0 saturated heterocycles. The first-order chi connectivity index (χ1) is 9.88. The summed E-state index contributed by atoms with van der Waals surface area (Å²) in [5.74, 6) is -0.244. The molecule has 0 aromatic heterocycles. The summed E-state index contributed by atoms with van der Waals surface area (Å²) in [6.07, 6.45) is 2.42. The van der Waals surface area contributed by atoms with Crippen LogP contribution < -0.4 is 9.47 Å². The molecule has 0 aliphatic carbocycles. The van der Waals surface area contributed by atoms with Gasteiger partial charge in [-0.1, -0.05) is 13.0 Å². The second-order valence-electron chi connectivity index (χ2n) is 4.17. The fraction of sp³-hybridized carbons (Fsp3) is 0.357. The summed E-state index contributed by atoms with van der Waals surface area (Å²) >= 11 is 0. The Morgan fingerprint density at radius 3 is 2.62 bits per heavy atom. The van der Waals surface area contributed by atoms with E-state index < -0.39 is 15.8 Å². The zero-order chi connectivity index (χ0) is 15.9. The van der Waals surface area contributed by atoms with Gasteiger partial charge in [0, 0.05) is 11.8 Å². The highest BCUT2D eigenvalue weighted by molar-refractivity contribution is 7.91. The standard InChI is InChI=1S/C14H18O6S/c1-3-21(17,18)9-8-20-13-10-11(5-7-14(15)16)4-6-12(13)19-2/h4-7,10H,3,8-9H2,1-2H3,(H,15,16)/b7-5+. The molecule has 116 valence electrons. The molecule has 0 bridgehead atoms. The highest BCUT2D eigenvalue weighted by Gasteiger charge is 2.10. The van der Waals surface area contributed by atoms with Crippen molar-refractivity contribution in [3.63, 3.8) is 0 Å². The smallest absolute Gasteiger partial charge is 0.328 e. The van der Waals surface area contributed by atoms with Crippen LogP contribution in [-0.2, 0) is 14.6 Å². The van der Waals surface area contributed by atoms with Crippen molar-refractivity contribution in [1.82, 2.24) is 0 Å². The van der Waals surface area contributed by atoms with Crippen LogP contribution in [-0.4, -0.2) is 44.7 Å². The normalized spacial score (nSPS) is 11.5. The molecule has 0 radical (unpaired) electrons. The number of hydrogen-bond donors (Lipinski definition) is 1. The third kappa shape index (κ3) is 5.86. The van der Waals surface area contributed by atoms with E-state index in [1.807, 2.05) is 0 Å². The molecule has 6 nitrogen and oxygen atoms in total. The van der Waals surface area contributed by atoms with Crippen molar-refractivity contribution in [3.8, 4) is 11.5 Å².